The summed E-state index contributed by atoms with van der Waals surface area (Å²) in [5.41, 5.74) is 11.9. The maximum Gasteiger partial charge on any atom is 0.264 e. The molecule has 0 saturated heterocycles. The third-order valence-corrected chi connectivity index (χ3v) is 7.55. The second-order valence-corrected chi connectivity index (χ2v) is 12.2. The molecular formula is C27H37N5O5S. The van der Waals surface area contributed by atoms with Gasteiger partial charge >= 0.3 is 0 Å². The lowest BCUT2D eigenvalue weighted by atomic mass is 9.78. The van der Waals surface area contributed by atoms with E-state index in [2.05, 4.69) is 10.3 Å². The van der Waals surface area contributed by atoms with Crippen molar-refractivity contribution in [2.24, 2.45) is 17.4 Å². The molecule has 0 bridgehead atoms. The van der Waals surface area contributed by atoms with Crippen LogP contribution in [0.15, 0.2) is 18.3 Å². The van der Waals surface area contributed by atoms with Crippen LogP contribution in [0.2, 0.25) is 0 Å². The van der Waals surface area contributed by atoms with Gasteiger partial charge in [-0.2, -0.15) is 0 Å². The third kappa shape index (κ3) is 7.02. The van der Waals surface area contributed by atoms with Crippen LogP contribution in [0.1, 0.15) is 84.9 Å². The normalized spacial score (nSPS) is 20.4. The number of rotatable bonds is 12. The Bertz CT molecular complexity index is 1210. The van der Waals surface area contributed by atoms with Crippen LogP contribution in [0.5, 0.6) is 11.6 Å². The number of nitrogens with two attached hydrogens (primary N) is 2. The average Bonchev–Trinajstić information content (AvgIpc) is 3.58. The highest BCUT2D eigenvalue weighted by Gasteiger charge is 2.34. The highest BCUT2D eigenvalue weighted by Crippen LogP contribution is 2.44. The smallest absolute Gasteiger partial charge is 0.264 e. The molecule has 10 nitrogen and oxygen atoms in total. The zero-order chi connectivity index (χ0) is 27.6. The maximum absolute atomic E-state index is 13.1. The van der Waals surface area contributed by atoms with E-state index in [-0.39, 0.29) is 30.6 Å². The summed E-state index contributed by atoms with van der Waals surface area (Å²) in [4.78, 5) is 34.0. The highest BCUT2D eigenvalue weighted by molar-refractivity contribution is 7.13. The second kappa shape index (κ2) is 11.3. The number of nitrogens with one attached hydrogen (secondary N) is 1. The Kier molecular flexibility index (Phi) is 8.27. The molecule has 0 radical (unpaired) electrons. The van der Waals surface area contributed by atoms with E-state index in [1.54, 1.807) is 26.0 Å². The Hall–Kier alpha value is -3.18. The number of carbonyl (C=O) groups is 2. The van der Waals surface area contributed by atoms with Crippen LogP contribution in [-0.4, -0.2) is 51.2 Å². The molecular weight excluding hydrogens is 506 g/mol. The first-order valence-corrected chi connectivity index (χ1v) is 13.8. The number of pyridine rings is 1. The first-order valence-electron chi connectivity index (χ1n) is 13.0. The van der Waals surface area contributed by atoms with E-state index < -0.39 is 11.5 Å². The zero-order valence-corrected chi connectivity index (χ0v) is 23.1. The molecule has 2 saturated carbocycles. The quantitative estimate of drug-likeness (QED) is 0.297. The van der Waals surface area contributed by atoms with Crippen molar-refractivity contribution in [3.05, 3.63) is 39.6 Å². The van der Waals surface area contributed by atoms with Crippen molar-refractivity contribution >= 4 is 28.7 Å². The fourth-order valence-electron chi connectivity index (χ4n) is 4.54. The second-order valence-electron chi connectivity index (χ2n) is 11.0. The van der Waals surface area contributed by atoms with Crippen molar-refractivity contribution in [2.45, 2.75) is 83.5 Å². The van der Waals surface area contributed by atoms with E-state index in [1.807, 2.05) is 13.8 Å². The van der Waals surface area contributed by atoms with E-state index in [0.29, 0.717) is 33.7 Å². The molecule has 11 heteroatoms. The Morgan fingerprint density at radius 3 is 2.61 bits per heavy atom. The molecule has 206 valence electrons. The number of thiazole rings is 1. The molecule has 2 aromatic heterocycles. The zero-order valence-electron chi connectivity index (χ0n) is 22.3. The van der Waals surface area contributed by atoms with Crippen molar-refractivity contribution in [1.82, 2.24) is 15.3 Å². The first-order chi connectivity index (χ1) is 17.9. The van der Waals surface area contributed by atoms with E-state index in [9.17, 15) is 14.7 Å². The van der Waals surface area contributed by atoms with Gasteiger partial charge in [-0.1, -0.05) is 0 Å². The summed E-state index contributed by atoms with van der Waals surface area (Å²) in [5.74, 6) is 0.795. The fourth-order valence-corrected chi connectivity index (χ4v) is 5.25. The predicted molar refractivity (Wildman–Crippen MR) is 145 cm³/mol. The number of nitrogens with zero attached hydrogens (tertiary/aromatic N) is 2. The van der Waals surface area contributed by atoms with Crippen molar-refractivity contribution < 1.29 is 24.2 Å². The Labute approximate surface area is 226 Å². The number of primary amides is 1. The van der Waals surface area contributed by atoms with Crippen molar-refractivity contribution in [3.8, 4) is 11.6 Å². The first kappa shape index (κ1) is 27.8. The predicted octanol–water partition coefficient (Wildman–Crippen LogP) is 3.02. The van der Waals surface area contributed by atoms with Crippen molar-refractivity contribution in [3.63, 3.8) is 0 Å². The minimum Gasteiger partial charge on any atom is -0.489 e. The molecule has 6 N–H and O–H groups in total. The van der Waals surface area contributed by atoms with E-state index in [4.69, 9.17) is 25.9 Å². The molecule has 2 aromatic rings. The molecule has 2 fully saturated rings. The molecule has 0 aliphatic heterocycles. The van der Waals surface area contributed by atoms with Gasteiger partial charge in [0.2, 0.25) is 5.88 Å². The summed E-state index contributed by atoms with van der Waals surface area (Å²) < 4.78 is 11.7. The number of aromatic nitrogens is 2. The van der Waals surface area contributed by atoms with Gasteiger partial charge in [0.1, 0.15) is 18.5 Å². The third-order valence-electron chi connectivity index (χ3n) is 6.58. The summed E-state index contributed by atoms with van der Waals surface area (Å²) in [7, 11) is 0. The van der Waals surface area contributed by atoms with Crippen LogP contribution in [-0.2, 0) is 4.79 Å². The molecule has 0 aromatic carbocycles. The number of carbonyl (C=O) groups excluding carboxylic acids is 2. The van der Waals surface area contributed by atoms with Gasteiger partial charge in [0.15, 0.2) is 4.88 Å². The topological polar surface area (TPSA) is 163 Å². The molecule has 2 amide bonds. The summed E-state index contributed by atoms with van der Waals surface area (Å²) in [6.07, 6.45) is 5.70. The average molecular weight is 544 g/mol. The Morgan fingerprint density at radius 2 is 2.00 bits per heavy atom. The lowest BCUT2D eigenvalue weighted by Gasteiger charge is -2.36. The van der Waals surface area contributed by atoms with Crippen molar-refractivity contribution in [1.29, 1.82) is 0 Å². The van der Waals surface area contributed by atoms with E-state index in [1.165, 1.54) is 17.5 Å². The molecule has 4 rings (SSSR count). The molecule has 38 heavy (non-hydrogen) atoms. The summed E-state index contributed by atoms with van der Waals surface area (Å²) in [6.45, 7) is 7.29. The minimum absolute atomic E-state index is 0.0239. The number of hydrogen-bond acceptors (Lipinski definition) is 9. The lowest BCUT2D eigenvalue weighted by Crippen LogP contribution is -2.40. The van der Waals surface area contributed by atoms with Gasteiger partial charge in [-0.05, 0) is 77.8 Å². The van der Waals surface area contributed by atoms with Gasteiger partial charge in [-0.25, -0.2) is 9.97 Å². The number of aliphatic hydroxyl groups is 1. The van der Waals surface area contributed by atoms with Gasteiger partial charge < -0.3 is 31.4 Å². The standard InChI is InChI=1S/C27H37N5O5S/c1-14(9-16-10-18(11-16)37-26-23(24(29)33)38-15(2)31-26)30-25(34)19(12-28)20-7-8-21(36-13-27(3,4)35)22(32-20)17-5-6-17/h7-8,12,14,16-18,35H,5-6,9-11,13,28H2,1-4H3,(H2,29,33)(H,30,34)/t14-,16?,18?/m0/s1. The summed E-state index contributed by atoms with van der Waals surface area (Å²) in [6, 6.07) is 3.44. The van der Waals surface area contributed by atoms with Gasteiger partial charge in [-0.15, -0.1) is 11.3 Å². The van der Waals surface area contributed by atoms with Gasteiger partial charge in [0.25, 0.3) is 11.8 Å². The minimum atomic E-state index is -0.962. The van der Waals surface area contributed by atoms with Gasteiger partial charge in [0.05, 0.1) is 27.6 Å². The molecule has 2 aliphatic carbocycles. The SMILES string of the molecule is Cc1nc(OC2CC(C[C@H](C)NC(=O)C(=CN)c3ccc(OCC(C)(C)O)c(C4CC4)n3)C2)c(C(N)=O)s1. The molecule has 0 unspecified atom stereocenters. The Balaban J connectivity index is 1.30. The molecule has 2 aliphatic rings. The number of aryl methyl sites for hydroxylation is 1. The number of ether oxygens (including phenoxy) is 2. The van der Waals surface area contributed by atoms with Crippen LogP contribution in [0.25, 0.3) is 5.57 Å². The lowest BCUT2D eigenvalue weighted by molar-refractivity contribution is -0.116. The summed E-state index contributed by atoms with van der Waals surface area (Å²) >= 11 is 1.23. The molecule has 1 atom stereocenters. The van der Waals surface area contributed by atoms with E-state index >= 15 is 0 Å². The highest BCUT2D eigenvalue weighted by atomic mass is 32.1. The molecule has 0 spiro atoms. The van der Waals surface area contributed by atoms with Crippen LogP contribution in [0, 0.1) is 12.8 Å². The molecule has 2 heterocycles. The monoisotopic (exact) mass is 543 g/mol. The fraction of sp³-hybridized carbons (Fsp3) is 0.556. The largest absolute Gasteiger partial charge is 0.489 e. The van der Waals surface area contributed by atoms with Crippen LogP contribution >= 0.6 is 11.3 Å². The van der Waals surface area contributed by atoms with Crippen molar-refractivity contribution in [2.75, 3.05) is 6.61 Å². The number of amides is 2. The van der Waals surface area contributed by atoms with Crippen LogP contribution in [0.3, 0.4) is 0 Å². The maximum atomic E-state index is 13.1. The van der Waals surface area contributed by atoms with E-state index in [0.717, 1.165) is 42.8 Å². The van der Waals surface area contributed by atoms with Gasteiger partial charge in [-0.3, -0.25) is 9.59 Å². The van der Waals surface area contributed by atoms with Crippen LogP contribution < -0.4 is 26.3 Å². The summed E-state index contributed by atoms with van der Waals surface area (Å²) in [5, 5.41) is 13.8. The van der Waals surface area contributed by atoms with Crippen LogP contribution in [0.4, 0.5) is 0 Å². The number of hydrogen-bond donors (Lipinski definition) is 4. The van der Waals surface area contributed by atoms with Gasteiger partial charge in [0, 0.05) is 18.2 Å². The Morgan fingerprint density at radius 1 is 1.29 bits per heavy atom.